The fraction of sp³-hybridized carbons (Fsp3) is 0.818. The molecule has 0 aliphatic heterocycles. The molecule has 84 valence electrons. The van der Waals surface area contributed by atoms with Crippen LogP contribution in [0.5, 0.6) is 0 Å². The van der Waals surface area contributed by atoms with E-state index < -0.39 is 5.97 Å². The maximum atomic E-state index is 11.7. The topological polar surface area (TPSA) is 66.4 Å². The van der Waals surface area contributed by atoms with E-state index in [9.17, 15) is 9.59 Å². The molecule has 0 radical (unpaired) electrons. The van der Waals surface area contributed by atoms with Gasteiger partial charge in [-0.15, -0.1) is 0 Å². The van der Waals surface area contributed by atoms with E-state index in [1.165, 1.54) is 0 Å². The van der Waals surface area contributed by atoms with Crippen LogP contribution < -0.4 is 5.32 Å². The molecule has 4 heteroatoms. The summed E-state index contributed by atoms with van der Waals surface area (Å²) >= 11 is 0. The molecule has 1 amide bonds. The summed E-state index contributed by atoms with van der Waals surface area (Å²) in [6.07, 6.45) is 4.02. The Balaban J connectivity index is 1.82. The number of carboxylic acid groups (broad SMARTS) is 1. The molecule has 0 aromatic carbocycles. The van der Waals surface area contributed by atoms with E-state index in [1.807, 2.05) is 6.92 Å². The molecular weight excluding hydrogens is 194 g/mol. The highest BCUT2D eigenvalue weighted by atomic mass is 16.4. The molecule has 2 unspecified atom stereocenters. The maximum absolute atomic E-state index is 11.7. The largest absolute Gasteiger partial charge is 0.481 e. The molecule has 0 bridgehead atoms. The zero-order chi connectivity index (χ0) is 11.1. The van der Waals surface area contributed by atoms with Gasteiger partial charge in [-0.25, -0.2) is 0 Å². The summed E-state index contributed by atoms with van der Waals surface area (Å²) in [5, 5.41) is 11.8. The molecule has 2 rings (SSSR count). The number of carbonyl (C=O) groups is 2. The van der Waals surface area contributed by atoms with Gasteiger partial charge in [0.15, 0.2) is 0 Å². The number of carboxylic acids is 1. The van der Waals surface area contributed by atoms with E-state index in [0.29, 0.717) is 12.8 Å². The molecule has 0 aromatic rings. The minimum absolute atomic E-state index is 0.0797. The van der Waals surface area contributed by atoms with Crippen molar-refractivity contribution in [2.24, 2.45) is 11.3 Å². The molecule has 4 nitrogen and oxygen atoms in total. The van der Waals surface area contributed by atoms with Gasteiger partial charge in [0.1, 0.15) is 0 Å². The van der Waals surface area contributed by atoms with Gasteiger partial charge in [0.2, 0.25) is 5.91 Å². The van der Waals surface area contributed by atoms with Crippen LogP contribution in [0.15, 0.2) is 0 Å². The standard InChI is InChI=1S/C11H17NO3/c1-11(4-5-11)10(15)12-8-3-2-7(6-8)9(13)14/h7-8H,2-6H2,1H3,(H,12,15)(H,13,14). The third kappa shape index (κ3) is 2.13. The van der Waals surface area contributed by atoms with Crippen LogP contribution in [0.1, 0.15) is 39.0 Å². The molecule has 2 atom stereocenters. The van der Waals surface area contributed by atoms with Crippen molar-refractivity contribution in [3.8, 4) is 0 Å². The normalized spacial score (nSPS) is 32.3. The Morgan fingerprint density at radius 1 is 1.33 bits per heavy atom. The molecule has 0 aromatic heterocycles. The number of rotatable bonds is 3. The minimum Gasteiger partial charge on any atom is -0.481 e. The molecule has 0 spiro atoms. The van der Waals surface area contributed by atoms with Crippen LogP contribution in [0.25, 0.3) is 0 Å². The molecule has 2 aliphatic carbocycles. The maximum Gasteiger partial charge on any atom is 0.306 e. The number of nitrogens with one attached hydrogen (secondary N) is 1. The Hall–Kier alpha value is -1.06. The summed E-state index contributed by atoms with van der Waals surface area (Å²) in [4.78, 5) is 22.4. The van der Waals surface area contributed by atoms with Gasteiger partial charge in [0, 0.05) is 11.5 Å². The molecule has 2 N–H and O–H groups in total. The lowest BCUT2D eigenvalue weighted by molar-refractivity contribution is -0.141. The predicted molar refractivity (Wildman–Crippen MR) is 54.2 cm³/mol. The lowest BCUT2D eigenvalue weighted by atomic mass is 10.1. The highest BCUT2D eigenvalue weighted by molar-refractivity contribution is 5.85. The summed E-state index contributed by atoms with van der Waals surface area (Å²) in [6, 6.07) is 0.0797. The predicted octanol–water partition coefficient (Wildman–Crippen LogP) is 1.16. The molecule has 0 heterocycles. The van der Waals surface area contributed by atoms with E-state index in [-0.39, 0.29) is 23.3 Å². The Morgan fingerprint density at radius 3 is 2.47 bits per heavy atom. The van der Waals surface area contributed by atoms with Crippen LogP contribution in [0, 0.1) is 11.3 Å². The Bertz CT molecular complexity index is 296. The molecule has 2 saturated carbocycles. The van der Waals surface area contributed by atoms with E-state index >= 15 is 0 Å². The van der Waals surface area contributed by atoms with Gasteiger partial charge < -0.3 is 10.4 Å². The van der Waals surface area contributed by atoms with Gasteiger partial charge in [-0.3, -0.25) is 9.59 Å². The van der Waals surface area contributed by atoms with Gasteiger partial charge in [-0.1, -0.05) is 6.92 Å². The third-order valence-electron chi connectivity index (χ3n) is 3.67. The Labute approximate surface area is 89.0 Å². The zero-order valence-electron chi connectivity index (χ0n) is 8.95. The van der Waals surface area contributed by atoms with Crippen LogP contribution in [0.2, 0.25) is 0 Å². The zero-order valence-corrected chi connectivity index (χ0v) is 8.95. The van der Waals surface area contributed by atoms with Gasteiger partial charge in [0.25, 0.3) is 0 Å². The number of hydrogen-bond donors (Lipinski definition) is 2. The van der Waals surface area contributed by atoms with Crippen molar-refractivity contribution in [1.82, 2.24) is 5.32 Å². The van der Waals surface area contributed by atoms with Crippen LogP contribution in [0.3, 0.4) is 0 Å². The number of carbonyl (C=O) groups excluding carboxylic acids is 1. The van der Waals surface area contributed by atoms with Crippen molar-refractivity contribution in [3.63, 3.8) is 0 Å². The minimum atomic E-state index is -0.732. The highest BCUT2D eigenvalue weighted by Gasteiger charge is 2.46. The fourth-order valence-electron chi connectivity index (χ4n) is 2.11. The lowest BCUT2D eigenvalue weighted by Crippen LogP contribution is -2.37. The van der Waals surface area contributed by atoms with Gasteiger partial charge in [0.05, 0.1) is 5.92 Å². The smallest absolute Gasteiger partial charge is 0.306 e. The van der Waals surface area contributed by atoms with E-state index in [0.717, 1.165) is 19.3 Å². The number of amides is 1. The first-order valence-electron chi connectivity index (χ1n) is 5.55. The van der Waals surface area contributed by atoms with Gasteiger partial charge in [-0.05, 0) is 32.1 Å². The first kappa shape index (κ1) is 10.5. The Morgan fingerprint density at radius 2 is 2.00 bits per heavy atom. The highest BCUT2D eigenvalue weighted by Crippen LogP contribution is 2.45. The van der Waals surface area contributed by atoms with Crippen molar-refractivity contribution in [1.29, 1.82) is 0 Å². The van der Waals surface area contributed by atoms with Crippen molar-refractivity contribution < 1.29 is 14.7 Å². The first-order valence-corrected chi connectivity index (χ1v) is 5.55. The molecule has 2 aliphatic rings. The van der Waals surface area contributed by atoms with Crippen molar-refractivity contribution >= 4 is 11.9 Å². The van der Waals surface area contributed by atoms with Crippen molar-refractivity contribution in [2.45, 2.75) is 45.1 Å². The summed E-state index contributed by atoms with van der Waals surface area (Å²) in [6.45, 7) is 1.96. The van der Waals surface area contributed by atoms with Crippen LogP contribution in [0.4, 0.5) is 0 Å². The average Bonchev–Trinajstić information content (AvgIpc) is 2.76. The second kappa shape index (κ2) is 3.51. The van der Waals surface area contributed by atoms with Crippen LogP contribution >= 0.6 is 0 Å². The fourth-order valence-corrected chi connectivity index (χ4v) is 2.11. The molecular formula is C11H17NO3. The molecule has 2 fully saturated rings. The quantitative estimate of drug-likeness (QED) is 0.736. The second-order valence-electron chi connectivity index (χ2n) is 5.08. The van der Waals surface area contributed by atoms with Crippen LogP contribution in [-0.4, -0.2) is 23.0 Å². The second-order valence-corrected chi connectivity index (χ2v) is 5.08. The van der Waals surface area contributed by atoms with Crippen LogP contribution in [-0.2, 0) is 9.59 Å². The van der Waals surface area contributed by atoms with Gasteiger partial charge in [-0.2, -0.15) is 0 Å². The lowest BCUT2D eigenvalue weighted by Gasteiger charge is -2.15. The summed E-state index contributed by atoms with van der Waals surface area (Å²) < 4.78 is 0. The Kier molecular flexibility index (Phi) is 2.44. The summed E-state index contributed by atoms with van der Waals surface area (Å²) in [5.41, 5.74) is -0.151. The SMILES string of the molecule is CC1(C(=O)NC2CCC(C(=O)O)C2)CC1. The van der Waals surface area contributed by atoms with Crippen molar-refractivity contribution in [3.05, 3.63) is 0 Å². The van der Waals surface area contributed by atoms with Gasteiger partial charge >= 0.3 is 5.97 Å². The number of aliphatic carboxylic acids is 1. The summed E-state index contributed by atoms with van der Waals surface area (Å²) in [7, 11) is 0. The average molecular weight is 211 g/mol. The third-order valence-corrected chi connectivity index (χ3v) is 3.67. The summed E-state index contributed by atoms with van der Waals surface area (Å²) in [5.74, 6) is -0.884. The molecule has 0 saturated heterocycles. The van der Waals surface area contributed by atoms with E-state index in [2.05, 4.69) is 5.32 Å². The van der Waals surface area contributed by atoms with E-state index in [1.54, 1.807) is 0 Å². The van der Waals surface area contributed by atoms with Crippen molar-refractivity contribution in [2.75, 3.05) is 0 Å². The first-order chi connectivity index (χ1) is 7.01. The molecule has 15 heavy (non-hydrogen) atoms. The van der Waals surface area contributed by atoms with E-state index in [4.69, 9.17) is 5.11 Å². The number of hydrogen-bond acceptors (Lipinski definition) is 2. The monoisotopic (exact) mass is 211 g/mol.